The second-order valence-corrected chi connectivity index (χ2v) is 6.32. The van der Waals surface area contributed by atoms with E-state index >= 15 is 0 Å². The largest absolute Gasteiger partial charge is 0.478 e. The minimum atomic E-state index is 0. The Morgan fingerprint density at radius 1 is 1.25 bits per heavy atom. The highest BCUT2D eigenvalue weighted by molar-refractivity contribution is 14.0. The Hall–Kier alpha value is -1.88. The van der Waals surface area contributed by atoms with Gasteiger partial charge in [0, 0.05) is 57.1 Å². The number of halogens is 1. The van der Waals surface area contributed by atoms with Gasteiger partial charge in [0.05, 0.1) is 18.8 Å². The van der Waals surface area contributed by atoms with Gasteiger partial charge in [0.1, 0.15) is 6.26 Å². The highest BCUT2D eigenvalue weighted by Gasteiger charge is 2.20. The molecule has 9 heteroatoms. The number of hydrogen-bond acceptors (Lipinski definition) is 6. The fraction of sp³-hybridized carbons (Fsp3) is 0.526. The molecule has 28 heavy (non-hydrogen) atoms. The lowest BCUT2D eigenvalue weighted by molar-refractivity contribution is 0.169. The van der Waals surface area contributed by atoms with Crippen molar-refractivity contribution in [1.82, 2.24) is 25.3 Å². The Morgan fingerprint density at radius 3 is 2.75 bits per heavy atom. The zero-order chi connectivity index (χ0) is 18.9. The molecule has 2 aromatic heterocycles. The van der Waals surface area contributed by atoms with Crippen molar-refractivity contribution in [3.8, 4) is 5.88 Å². The summed E-state index contributed by atoms with van der Waals surface area (Å²) < 4.78 is 10.5. The molecular weight excluding hydrogens is 471 g/mol. The van der Waals surface area contributed by atoms with Crippen LogP contribution in [0.5, 0.6) is 5.88 Å². The summed E-state index contributed by atoms with van der Waals surface area (Å²) in [5.74, 6) is 1.60. The van der Waals surface area contributed by atoms with Gasteiger partial charge in [-0.1, -0.05) is 11.2 Å². The van der Waals surface area contributed by atoms with Gasteiger partial charge in [-0.2, -0.15) is 0 Å². The van der Waals surface area contributed by atoms with Crippen LogP contribution in [-0.4, -0.2) is 65.2 Å². The van der Waals surface area contributed by atoms with Gasteiger partial charge in [-0.25, -0.2) is 9.98 Å². The number of pyridine rings is 1. The van der Waals surface area contributed by atoms with Crippen molar-refractivity contribution in [3.63, 3.8) is 0 Å². The van der Waals surface area contributed by atoms with Crippen LogP contribution in [0, 0.1) is 0 Å². The zero-order valence-corrected chi connectivity index (χ0v) is 18.8. The molecule has 154 valence electrons. The summed E-state index contributed by atoms with van der Waals surface area (Å²) in [6.07, 6.45) is 3.37. The lowest BCUT2D eigenvalue weighted by Gasteiger charge is -2.36. The second-order valence-electron chi connectivity index (χ2n) is 6.32. The van der Waals surface area contributed by atoms with Gasteiger partial charge in [0.2, 0.25) is 5.88 Å². The first-order valence-electron chi connectivity index (χ1n) is 9.51. The van der Waals surface area contributed by atoms with Crippen LogP contribution in [0.2, 0.25) is 0 Å². The fourth-order valence-corrected chi connectivity index (χ4v) is 3.06. The van der Waals surface area contributed by atoms with Gasteiger partial charge in [0.25, 0.3) is 0 Å². The Labute approximate surface area is 183 Å². The minimum Gasteiger partial charge on any atom is -0.478 e. The van der Waals surface area contributed by atoms with E-state index in [2.05, 4.69) is 32.2 Å². The molecule has 1 fully saturated rings. The first kappa shape index (κ1) is 22.4. The lowest BCUT2D eigenvalue weighted by Crippen LogP contribution is -2.52. The van der Waals surface area contributed by atoms with E-state index < -0.39 is 0 Å². The van der Waals surface area contributed by atoms with Gasteiger partial charge in [-0.15, -0.1) is 24.0 Å². The van der Waals surface area contributed by atoms with Gasteiger partial charge in [-0.05, 0) is 19.9 Å². The van der Waals surface area contributed by atoms with E-state index in [1.54, 1.807) is 12.5 Å². The van der Waals surface area contributed by atoms with Crippen molar-refractivity contribution < 1.29 is 9.26 Å². The van der Waals surface area contributed by atoms with Crippen LogP contribution in [0.15, 0.2) is 40.2 Å². The molecule has 0 atom stereocenters. The van der Waals surface area contributed by atoms with E-state index in [9.17, 15) is 0 Å². The Bertz CT molecular complexity index is 717. The van der Waals surface area contributed by atoms with Gasteiger partial charge < -0.3 is 19.5 Å². The maximum Gasteiger partial charge on any atom is 0.218 e. The van der Waals surface area contributed by atoms with Crippen LogP contribution in [0.25, 0.3) is 0 Å². The number of ether oxygens (including phenoxy) is 1. The second kappa shape index (κ2) is 11.8. The van der Waals surface area contributed by atoms with Gasteiger partial charge in [0.15, 0.2) is 5.96 Å². The summed E-state index contributed by atoms with van der Waals surface area (Å²) >= 11 is 0. The smallest absolute Gasteiger partial charge is 0.218 e. The third-order valence-electron chi connectivity index (χ3n) is 4.41. The van der Waals surface area contributed by atoms with Crippen LogP contribution < -0.4 is 10.1 Å². The molecule has 0 amide bonds. The predicted molar refractivity (Wildman–Crippen MR) is 119 cm³/mol. The number of piperazine rings is 1. The molecule has 3 rings (SSSR count). The highest BCUT2D eigenvalue weighted by Crippen LogP contribution is 2.16. The Balaban J connectivity index is 0.00000280. The number of nitrogens with one attached hydrogen (secondary N) is 1. The topological polar surface area (TPSA) is 79.0 Å². The van der Waals surface area contributed by atoms with Crippen LogP contribution in [-0.2, 0) is 13.1 Å². The van der Waals surface area contributed by atoms with Crippen molar-refractivity contribution in [1.29, 1.82) is 0 Å². The average Bonchev–Trinajstić information content (AvgIpc) is 3.20. The number of guanidine groups is 1. The predicted octanol–water partition coefficient (Wildman–Crippen LogP) is 2.37. The number of rotatable bonds is 7. The molecule has 0 radical (unpaired) electrons. The summed E-state index contributed by atoms with van der Waals surface area (Å²) in [5, 5.41) is 7.40. The van der Waals surface area contributed by atoms with Crippen molar-refractivity contribution in [3.05, 3.63) is 41.9 Å². The van der Waals surface area contributed by atoms with E-state index in [1.807, 2.05) is 25.1 Å². The Kier molecular flexibility index (Phi) is 9.48. The SMILES string of the molecule is CCNC(=NCc1cccnc1OCC)N1CCN(Cc2ccon2)CC1.I. The molecule has 0 bridgehead atoms. The standard InChI is InChI=1S/C19H28N6O2.HI/c1-3-20-19(22-14-16-6-5-8-21-18(16)26-4-2)25-11-9-24(10-12-25)15-17-7-13-27-23-17;/h5-8,13H,3-4,9-12,14-15H2,1-2H3,(H,20,22);1H. The molecule has 3 heterocycles. The molecule has 1 saturated heterocycles. The minimum absolute atomic E-state index is 0. The fourth-order valence-electron chi connectivity index (χ4n) is 3.06. The first-order valence-corrected chi connectivity index (χ1v) is 9.51. The summed E-state index contributed by atoms with van der Waals surface area (Å²) in [6.45, 7) is 10.6. The molecule has 0 aromatic carbocycles. The summed E-state index contributed by atoms with van der Waals surface area (Å²) in [6, 6.07) is 5.85. The van der Waals surface area contributed by atoms with Gasteiger partial charge in [-0.3, -0.25) is 4.90 Å². The third kappa shape index (κ3) is 6.33. The van der Waals surface area contributed by atoms with Crippen molar-refractivity contribution in [2.75, 3.05) is 39.3 Å². The molecule has 0 unspecified atom stereocenters. The van der Waals surface area contributed by atoms with E-state index in [-0.39, 0.29) is 24.0 Å². The zero-order valence-electron chi connectivity index (χ0n) is 16.5. The van der Waals surface area contributed by atoms with Crippen molar-refractivity contribution in [2.24, 2.45) is 4.99 Å². The van der Waals surface area contributed by atoms with E-state index in [0.717, 1.165) is 56.5 Å². The molecule has 0 spiro atoms. The van der Waals surface area contributed by atoms with Crippen molar-refractivity contribution >= 4 is 29.9 Å². The molecule has 2 aromatic rings. The van der Waals surface area contributed by atoms with E-state index in [1.165, 1.54) is 0 Å². The lowest BCUT2D eigenvalue weighted by atomic mass is 10.2. The van der Waals surface area contributed by atoms with E-state index in [4.69, 9.17) is 14.3 Å². The quantitative estimate of drug-likeness (QED) is 0.355. The first-order chi connectivity index (χ1) is 13.3. The third-order valence-corrected chi connectivity index (χ3v) is 4.41. The summed E-state index contributed by atoms with van der Waals surface area (Å²) in [5.41, 5.74) is 1.98. The van der Waals surface area contributed by atoms with Crippen molar-refractivity contribution in [2.45, 2.75) is 26.9 Å². The molecule has 0 aliphatic carbocycles. The van der Waals surface area contributed by atoms with Gasteiger partial charge >= 0.3 is 0 Å². The summed E-state index contributed by atoms with van der Waals surface area (Å²) in [4.78, 5) is 13.8. The molecular formula is C19H29IN6O2. The number of hydrogen-bond donors (Lipinski definition) is 1. The van der Waals surface area contributed by atoms with Crippen LogP contribution in [0.3, 0.4) is 0 Å². The molecule has 8 nitrogen and oxygen atoms in total. The molecule has 0 saturated carbocycles. The highest BCUT2D eigenvalue weighted by atomic mass is 127. The van der Waals surface area contributed by atoms with Crippen LogP contribution >= 0.6 is 24.0 Å². The summed E-state index contributed by atoms with van der Waals surface area (Å²) in [7, 11) is 0. The number of nitrogens with zero attached hydrogens (tertiary/aromatic N) is 5. The van der Waals surface area contributed by atoms with E-state index in [0.29, 0.717) is 19.0 Å². The average molecular weight is 500 g/mol. The molecule has 1 N–H and O–H groups in total. The maximum absolute atomic E-state index is 5.60. The van der Waals surface area contributed by atoms with Crippen LogP contribution in [0.4, 0.5) is 0 Å². The maximum atomic E-state index is 5.60. The number of aliphatic imine (C=N–C) groups is 1. The molecule has 1 aliphatic heterocycles. The number of aromatic nitrogens is 2. The Morgan fingerprint density at radius 2 is 2.07 bits per heavy atom. The molecule has 1 aliphatic rings. The van der Waals surface area contributed by atoms with Crippen LogP contribution in [0.1, 0.15) is 25.1 Å². The normalized spacial score (nSPS) is 15.2. The monoisotopic (exact) mass is 500 g/mol.